The predicted molar refractivity (Wildman–Crippen MR) is 87.8 cm³/mol. The Morgan fingerprint density at radius 2 is 1.95 bits per heavy atom. The van der Waals surface area contributed by atoms with E-state index in [-0.39, 0.29) is 0 Å². The molecule has 0 saturated heterocycles. The van der Waals surface area contributed by atoms with Gasteiger partial charge in [-0.3, -0.25) is 0 Å². The molecular weight excluding hydrogens is 331 g/mol. The lowest BCUT2D eigenvalue weighted by Crippen LogP contribution is -2.13. The number of hydrogen-bond acceptors (Lipinski definition) is 3. The van der Waals surface area contributed by atoms with Crippen molar-refractivity contribution in [3.05, 3.63) is 51.1 Å². The topological polar surface area (TPSA) is 34.2 Å². The zero-order valence-corrected chi connectivity index (χ0v) is 13.8. The van der Waals surface area contributed by atoms with Crippen LogP contribution in [0.15, 0.2) is 30.5 Å². The summed E-state index contributed by atoms with van der Waals surface area (Å²) in [6.45, 7) is 3.80. The summed E-state index contributed by atoms with van der Waals surface area (Å²) in [4.78, 5) is 4.23. The number of nitrogens with one attached hydrogen (secondary N) is 1. The van der Waals surface area contributed by atoms with Crippen molar-refractivity contribution in [2.45, 2.75) is 19.9 Å². The lowest BCUT2D eigenvalue weighted by Gasteiger charge is -2.10. The van der Waals surface area contributed by atoms with Crippen LogP contribution >= 0.6 is 34.8 Å². The lowest BCUT2D eigenvalue weighted by atomic mass is 10.3. The van der Waals surface area contributed by atoms with Crippen LogP contribution in [0.5, 0.6) is 11.6 Å². The molecule has 0 aliphatic heterocycles. The van der Waals surface area contributed by atoms with Crippen LogP contribution in [0, 0.1) is 0 Å². The Morgan fingerprint density at radius 3 is 2.62 bits per heavy atom. The van der Waals surface area contributed by atoms with Gasteiger partial charge in [0, 0.05) is 17.8 Å². The van der Waals surface area contributed by atoms with Gasteiger partial charge in [-0.15, -0.1) is 0 Å². The van der Waals surface area contributed by atoms with E-state index in [0.717, 1.165) is 25.1 Å². The van der Waals surface area contributed by atoms with Gasteiger partial charge in [-0.2, -0.15) is 0 Å². The van der Waals surface area contributed by atoms with Crippen LogP contribution < -0.4 is 10.1 Å². The summed E-state index contributed by atoms with van der Waals surface area (Å²) in [5, 5.41) is 4.69. The summed E-state index contributed by atoms with van der Waals surface area (Å²) in [6.07, 6.45) is 2.81. The quantitative estimate of drug-likeness (QED) is 0.718. The average Bonchev–Trinajstić information content (AvgIpc) is 2.44. The van der Waals surface area contributed by atoms with E-state index in [2.05, 4.69) is 17.2 Å². The first-order valence-corrected chi connectivity index (χ1v) is 7.71. The summed E-state index contributed by atoms with van der Waals surface area (Å²) in [6, 6.07) is 6.81. The van der Waals surface area contributed by atoms with E-state index in [9.17, 15) is 0 Å². The van der Waals surface area contributed by atoms with Crippen LogP contribution in [0.25, 0.3) is 0 Å². The summed E-state index contributed by atoms with van der Waals surface area (Å²) in [5.74, 6) is 0.785. The molecule has 1 N–H and O–H groups in total. The van der Waals surface area contributed by atoms with Crippen LogP contribution in [-0.2, 0) is 6.54 Å². The first-order chi connectivity index (χ1) is 10.1. The van der Waals surface area contributed by atoms with Crippen molar-refractivity contribution in [1.29, 1.82) is 0 Å². The number of benzene rings is 1. The Kier molecular flexibility index (Phi) is 6.12. The molecule has 0 fully saturated rings. The molecule has 0 atom stereocenters. The molecule has 1 aromatic carbocycles. The van der Waals surface area contributed by atoms with E-state index in [1.807, 2.05) is 6.07 Å². The monoisotopic (exact) mass is 344 g/mol. The van der Waals surface area contributed by atoms with Gasteiger partial charge in [0.25, 0.3) is 0 Å². The first kappa shape index (κ1) is 16.4. The minimum absolute atomic E-state index is 0.320. The van der Waals surface area contributed by atoms with Crippen molar-refractivity contribution in [1.82, 2.24) is 10.3 Å². The van der Waals surface area contributed by atoms with Crippen molar-refractivity contribution >= 4 is 34.8 Å². The van der Waals surface area contributed by atoms with Crippen LogP contribution in [0.1, 0.15) is 18.9 Å². The minimum Gasteiger partial charge on any atom is -0.436 e. The third-order valence-electron chi connectivity index (χ3n) is 2.72. The molecule has 0 saturated carbocycles. The minimum atomic E-state index is 0.320. The zero-order valence-electron chi connectivity index (χ0n) is 11.5. The highest BCUT2D eigenvalue weighted by Crippen LogP contribution is 2.33. The van der Waals surface area contributed by atoms with Crippen molar-refractivity contribution in [3.8, 4) is 11.6 Å². The highest BCUT2D eigenvalue weighted by molar-refractivity contribution is 6.35. The molecule has 21 heavy (non-hydrogen) atoms. The smallest absolute Gasteiger partial charge is 0.238 e. The van der Waals surface area contributed by atoms with E-state index in [0.29, 0.717) is 26.7 Å². The van der Waals surface area contributed by atoms with Gasteiger partial charge in [0.15, 0.2) is 0 Å². The third kappa shape index (κ3) is 4.75. The van der Waals surface area contributed by atoms with Gasteiger partial charge < -0.3 is 10.1 Å². The normalized spacial score (nSPS) is 10.7. The number of aromatic nitrogens is 1. The van der Waals surface area contributed by atoms with Gasteiger partial charge in [-0.05, 0) is 42.8 Å². The van der Waals surface area contributed by atoms with E-state index >= 15 is 0 Å². The molecule has 0 amide bonds. The molecule has 0 spiro atoms. The number of ether oxygens (including phenoxy) is 1. The highest BCUT2D eigenvalue weighted by atomic mass is 35.5. The second kappa shape index (κ2) is 7.85. The molecule has 0 aliphatic carbocycles. The number of nitrogens with zero attached hydrogens (tertiary/aromatic N) is 1. The third-order valence-corrected chi connectivity index (χ3v) is 3.52. The van der Waals surface area contributed by atoms with Crippen molar-refractivity contribution in [3.63, 3.8) is 0 Å². The van der Waals surface area contributed by atoms with Crippen LogP contribution in [0.4, 0.5) is 0 Å². The van der Waals surface area contributed by atoms with E-state index < -0.39 is 0 Å². The van der Waals surface area contributed by atoms with Crippen LogP contribution in [-0.4, -0.2) is 11.5 Å². The molecule has 1 heterocycles. The molecule has 2 aromatic rings. The maximum absolute atomic E-state index is 6.19. The van der Waals surface area contributed by atoms with E-state index in [1.165, 1.54) is 0 Å². The summed E-state index contributed by atoms with van der Waals surface area (Å²) < 4.78 is 5.62. The molecule has 1 aromatic heterocycles. The number of hydrogen-bond donors (Lipinski definition) is 1. The Hall–Kier alpha value is -1.000. The molecule has 0 aliphatic rings. The largest absolute Gasteiger partial charge is 0.436 e. The maximum Gasteiger partial charge on any atom is 0.238 e. The SMILES string of the molecule is CCCNCc1cnc(Oc2ccc(Cl)cc2Cl)c(Cl)c1. The summed E-state index contributed by atoms with van der Waals surface area (Å²) in [7, 11) is 0. The molecule has 3 nitrogen and oxygen atoms in total. The number of pyridine rings is 1. The second-order valence-electron chi connectivity index (χ2n) is 4.48. The molecule has 0 bridgehead atoms. The highest BCUT2D eigenvalue weighted by Gasteiger charge is 2.09. The summed E-state index contributed by atoms with van der Waals surface area (Å²) >= 11 is 18.1. The molecule has 0 radical (unpaired) electrons. The fourth-order valence-corrected chi connectivity index (χ4v) is 2.38. The molecule has 0 unspecified atom stereocenters. The van der Waals surface area contributed by atoms with E-state index in [4.69, 9.17) is 39.5 Å². The molecule has 6 heteroatoms. The van der Waals surface area contributed by atoms with Crippen molar-refractivity contribution < 1.29 is 4.74 Å². The Balaban J connectivity index is 2.10. The predicted octanol–water partition coefficient (Wildman–Crippen LogP) is 5.33. The van der Waals surface area contributed by atoms with Crippen LogP contribution in [0.3, 0.4) is 0 Å². The summed E-state index contributed by atoms with van der Waals surface area (Å²) in [5.41, 5.74) is 1.00. The Bertz CT molecular complexity index is 620. The zero-order chi connectivity index (χ0) is 15.2. The van der Waals surface area contributed by atoms with Crippen molar-refractivity contribution in [2.75, 3.05) is 6.54 Å². The van der Waals surface area contributed by atoms with Gasteiger partial charge in [0.2, 0.25) is 5.88 Å². The fraction of sp³-hybridized carbons (Fsp3) is 0.267. The fourth-order valence-electron chi connectivity index (χ4n) is 1.71. The first-order valence-electron chi connectivity index (χ1n) is 6.58. The van der Waals surface area contributed by atoms with Gasteiger partial charge >= 0.3 is 0 Å². The average molecular weight is 346 g/mol. The maximum atomic E-state index is 6.19. The Labute approximate surface area is 139 Å². The van der Waals surface area contributed by atoms with E-state index in [1.54, 1.807) is 24.4 Å². The van der Waals surface area contributed by atoms with Gasteiger partial charge in [0.05, 0.1) is 5.02 Å². The van der Waals surface area contributed by atoms with Gasteiger partial charge in [-0.1, -0.05) is 41.7 Å². The molecular formula is C15H15Cl3N2O. The number of halogens is 3. The van der Waals surface area contributed by atoms with Crippen molar-refractivity contribution in [2.24, 2.45) is 0 Å². The van der Waals surface area contributed by atoms with Gasteiger partial charge in [0.1, 0.15) is 10.8 Å². The lowest BCUT2D eigenvalue weighted by molar-refractivity contribution is 0.463. The Morgan fingerprint density at radius 1 is 1.14 bits per heavy atom. The van der Waals surface area contributed by atoms with Crippen LogP contribution in [0.2, 0.25) is 15.1 Å². The van der Waals surface area contributed by atoms with Gasteiger partial charge in [-0.25, -0.2) is 4.98 Å². The second-order valence-corrected chi connectivity index (χ2v) is 5.73. The number of rotatable bonds is 6. The molecule has 2 rings (SSSR count). The molecule has 112 valence electrons. The standard InChI is InChI=1S/C15H15Cl3N2O/c1-2-5-19-8-10-6-13(18)15(20-9-10)21-14-4-3-11(16)7-12(14)17/h3-4,6-7,9,19H,2,5,8H2,1H3.